The van der Waals surface area contributed by atoms with E-state index in [0.29, 0.717) is 12.1 Å². The fraction of sp³-hybridized carbons (Fsp3) is 0.105. The second-order valence-corrected chi connectivity index (χ2v) is 5.35. The van der Waals surface area contributed by atoms with Crippen LogP contribution in [0.2, 0.25) is 0 Å². The van der Waals surface area contributed by atoms with Gasteiger partial charge < -0.3 is 4.90 Å². The first-order valence-electron chi connectivity index (χ1n) is 7.12. The number of hydrogen-bond donors (Lipinski definition) is 0. The monoisotopic (exact) mass is 293 g/mol. The lowest BCUT2D eigenvalue weighted by Gasteiger charge is -2.17. The minimum atomic E-state index is -0.398. The fourth-order valence-electron chi connectivity index (χ4n) is 2.52. The van der Waals surface area contributed by atoms with E-state index < -0.39 is 5.82 Å². The summed E-state index contributed by atoms with van der Waals surface area (Å²) in [5, 5.41) is 2.32. The molecule has 0 atom stereocenters. The van der Waals surface area contributed by atoms with Gasteiger partial charge in [0.05, 0.1) is 0 Å². The molecule has 0 heterocycles. The van der Waals surface area contributed by atoms with Crippen molar-refractivity contribution in [1.82, 2.24) is 4.90 Å². The lowest BCUT2D eigenvalue weighted by molar-refractivity contribution is 0.0784. The highest BCUT2D eigenvalue weighted by molar-refractivity contribution is 5.94. The Bertz CT molecular complexity index is 828. The van der Waals surface area contributed by atoms with E-state index in [9.17, 15) is 9.18 Å². The Labute approximate surface area is 128 Å². The summed E-state index contributed by atoms with van der Waals surface area (Å²) in [6.45, 7) is 0.486. The minimum Gasteiger partial charge on any atom is -0.337 e. The highest BCUT2D eigenvalue weighted by Crippen LogP contribution is 2.17. The Morgan fingerprint density at radius 3 is 2.50 bits per heavy atom. The van der Waals surface area contributed by atoms with E-state index in [2.05, 4.69) is 12.1 Å². The van der Waals surface area contributed by atoms with Gasteiger partial charge in [0, 0.05) is 19.2 Å². The fourth-order valence-corrected chi connectivity index (χ4v) is 2.52. The number of amides is 1. The molecule has 3 heteroatoms. The van der Waals surface area contributed by atoms with E-state index >= 15 is 0 Å². The molecular formula is C19H16FNO. The van der Waals surface area contributed by atoms with Crippen molar-refractivity contribution in [1.29, 1.82) is 0 Å². The second kappa shape index (κ2) is 5.98. The number of carbonyl (C=O) groups excluding carboxylic acids is 1. The molecule has 3 aromatic carbocycles. The molecule has 0 spiro atoms. The summed E-state index contributed by atoms with van der Waals surface area (Å²) in [5.74, 6) is -0.586. The smallest absolute Gasteiger partial charge is 0.253 e. The summed E-state index contributed by atoms with van der Waals surface area (Å²) < 4.78 is 13.2. The predicted molar refractivity (Wildman–Crippen MR) is 86.1 cm³/mol. The van der Waals surface area contributed by atoms with Gasteiger partial charge in [0.1, 0.15) is 5.82 Å². The normalized spacial score (nSPS) is 10.6. The van der Waals surface area contributed by atoms with Crippen molar-refractivity contribution < 1.29 is 9.18 Å². The van der Waals surface area contributed by atoms with Crippen LogP contribution in [-0.2, 0) is 6.54 Å². The van der Waals surface area contributed by atoms with Gasteiger partial charge >= 0.3 is 0 Å². The van der Waals surface area contributed by atoms with Crippen LogP contribution in [0.4, 0.5) is 4.39 Å². The van der Waals surface area contributed by atoms with Crippen molar-refractivity contribution >= 4 is 16.7 Å². The molecule has 2 nitrogen and oxygen atoms in total. The van der Waals surface area contributed by atoms with Crippen LogP contribution in [0, 0.1) is 5.82 Å². The van der Waals surface area contributed by atoms with Gasteiger partial charge in [-0.3, -0.25) is 4.79 Å². The quantitative estimate of drug-likeness (QED) is 0.707. The molecule has 0 bridgehead atoms. The van der Waals surface area contributed by atoms with Crippen LogP contribution in [0.5, 0.6) is 0 Å². The standard InChI is InChI=1S/C19H16FNO/c1-21(19(22)17-7-4-8-18(20)12-17)13-14-9-10-15-5-2-3-6-16(15)11-14/h2-12H,13H2,1H3. The van der Waals surface area contributed by atoms with Crippen LogP contribution < -0.4 is 0 Å². The molecule has 0 aliphatic rings. The summed E-state index contributed by atoms with van der Waals surface area (Å²) in [7, 11) is 1.72. The Kier molecular flexibility index (Phi) is 3.88. The molecule has 3 aromatic rings. The van der Waals surface area contributed by atoms with Crippen molar-refractivity contribution in [3.05, 3.63) is 83.7 Å². The molecule has 22 heavy (non-hydrogen) atoms. The van der Waals surface area contributed by atoms with Gasteiger partial charge in [-0.2, -0.15) is 0 Å². The Hall–Kier alpha value is -2.68. The summed E-state index contributed by atoms with van der Waals surface area (Å²) in [4.78, 5) is 13.9. The van der Waals surface area contributed by atoms with E-state index in [4.69, 9.17) is 0 Å². The van der Waals surface area contributed by atoms with Gasteiger partial charge in [-0.1, -0.05) is 42.5 Å². The van der Waals surface area contributed by atoms with Gasteiger partial charge in [-0.05, 0) is 40.6 Å². The molecular weight excluding hydrogens is 277 g/mol. The SMILES string of the molecule is CN(Cc1ccc2ccccc2c1)C(=O)c1cccc(F)c1. The Morgan fingerprint density at radius 1 is 0.955 bits per heavy atom. The maximum absolute atomic E-state index is 13.2. The zero-order valence-electron chi connectivity index (χ0n) is 12.3. The topological polar surface area (TPSA) is 20.3 Å². The van der Waals surface area contributed by atoms with E-state index in [1.807, 2.05) is 30.3 Å². The molecule has 0 fully saturated rings. The number of rotatable bonds is 3. The number of halogens is 1. The Morgan fingerprint density at radius 2 is 1.73 bits per heavy atom. The molecule has 0 aliphatic heterocycles. The van der Waals surface area contributed by atoms with Gasteiger partial charge in [0.25, 0.3) is 5.91 Å². The molecule has 0 saturated heterocycles. The number of fused-ring (bicyclic) bond motifs is 1. The van der Waals surface area contributed by atoms with E-state index in [-0.39, 0.29) is 5.91 Å². The number of benzene rings is 3. The van der Waals surface area contributed by atoms with E-state index in [0.717, 1.165) is 10.9 Å². The average molecular weight is 293 g/mol. The summed E-state index contributed by atoms with van der Waals surface area (Å²) in [6.07, 6.45) is 0. The van der Waals surface area contributed by atoms with Gasteiger partial charge in [-0.15, -0.1) is 0 Å². The highest BCUT2D eigenvalue weighted by Gasteiger charge is 2.12. The lowest BCUT2D eigenvalue weighted by atomic mass is 10.1. The minimum absolute atomic E-state index is 0.187. The van der Waals surface area contributed by atoms with E-state index in [1.54, 1.807) is 24.1 Å². The molecule has 0 aromatic heterocycles. The third-order valence-electron chi connectivity index (χ3n) is 3.65. The molecule has 0 saturated carbocycles. The zero-order valence-corrected chi connectivity index (χ0v) is 12.3. The molecule has 3 rings (SSSR count). The van der Waals surface area contributed by atoms with Crippen molar-refractivity contribution in [2.45, 2.75) is 6.54 Å². The molecule has 0 N–H and O–H groups in total. The predicted octanol–water partition coefficient (Wildman–Crippen LogP) is 4.25. The van der Waals surface area contributed by atoms with Crippen LogP contribution in [0.3, 0.4) is 0 Å². The summed E-state index contributed by atoms with van der Waals surface area (Å²) in [6, 6.07) is 20.0. The molecule has 0 radical (unpaired) electrons. The first-order chi connectivity index (χ1) is 10.6. The number of carbonyl (C=O) groups is 1. The average Bonchev–Trinajstić information content (AvgIpc) is 2.54. The largest absolute Gasteiger partial charge is 0.337 e. The van der Waals surface area contributed by atoms with Crippen molar-refractivity contribution in [2.75, 3.05) is 7.05 Å². The maximum Gasteiger partial charge on any atom is 0.253 e. The van der Waals surface area contributed by atoms with Crippen molar-refractivity contribution in [3.8, 4) is 0 Å². The molecule has 0 aliphatic carbocycles. The zero-order chi connectivity index (χ0) is 15.5. The number of hydrogen-bond acceptors (Lipinski definition) is 1. The first-order valence-corrected chi connectivity index (χ1v) is 7.12. The van der Waals surface area contributed by atoms with Crippen LogP contribution >= 0.6 is 0 Å². The van der Waals surface area contributed by atoms with Crippen molar-refractivity contribution in [3.63, 3.8) is 0 Å². The second-order valence-electron chi connectivity index (χ2n) is 5.35. The third-order valence-corrected chi connectivity index (χ3v) is 3.65. The van der Waals surface area contributed by atoms with Crippen LogP contribution in [-0.4, -0.2) is 17.9 Å². The molecule has 1 amide bonds. The highest BCUT2D eigenvalue weighted by atomic mass is 19.1. The van der Waals surface area contributed by atoms with Crippen LogP contribution in [0.25, 0.3) is 10.8 Å². The van der Waals surface area contributed by atoms with Gasteiger partial charge in [-0.25, -0.2) is 4.39 Å². The van der Waals surface area contributed by atoms with Crippen LogP contribution in [0.15, 0.2) is 66.7 Å². The van der Waals surface area contributed by atoms with Gasteiger partial charge in [0.15, 0.2) is 0 Å². The third kappa shape index (κ3) is 2.98. The maximum atomic E-state index is 13.2. The first kappa shape index (κ1) is 14.3. The molecule has 0 unspecified atom stereocenters. The summed E-state index contributed by atoms with van der Waals surface area (Å²) >= 11 is 0. The number of nitrogens with zero attached hydrogens (tertiary/aromatic N) is 1. The summed E-state index contributed by atoms with van der Waals surface area (Å²) in [5.41, 5.74) is 1.41. The lowest BCUT2D eigenvalue weighted by Crippen LogP contribution is -2.26. The van der Waals surface area contributed by atoms with E-state index in [1.165, 1.54) is 17.5 Å². The molecule has 110 valence electrons. The van der Waals surface area contributed by atoms with Crippen molar-refractivity contribution in [2.24, 2.45) is 0 Å². The Balaban J connectivity index is 1.80. The van der Waals surface area contributed by atoms with Crippen LogP contribution in [0.1, 0.15) is 15.9 Å². The van der Waals surface area contributed by atoms with Gasteiger partial charge in [0.2, 0.25) is 0 Å².